The highest BCUT2D eigenvalue weighted by atomic mass is 32.2. The summed E-state index contributed by atoms with van der Waals surface area (Å²) in [7, 11) is 0.871. The van der Waals surface area contributed by atoms with Crippen molar-refractivity contribution >= 4 is 16.7 Å². The zero-order valence-electron chi connectivity index (χ0n) is 10.8. The molecule has 1 aliphatic carbocycles. The van der Waals surface area contributed by atoms with Crippen LogP contribution in [0.4, 0.5) is 0 Å². The van der Waals surface area contributed by atoms with E-state index in [1.165, 1.54) is 25.7 Å². The predicted octanol–water partition coefficient (Wildman–Crippen LogP) is 0.649. The molecule has 0 bridgehead atoms. The van der Waals surface area contributed by atoms with Crippen LogP contribution in [-0.2, 0) is 15.6 Å². The smallest absolute Gasteiger partial charge is 0.232 e. The van der Waals surface area contributed by atoms with E-state index in [9.17, 15) is 9.00 Å². The van der Waals surface area contributed by atoms with Gasteiger partial charge in [-0.1, -0.05) is 12.8 Å². The van der Waals surface area contributed by atoms with Crippen LogP contribution in [0.25, 0.3) is 0 Å². The largest absolute Gasteiger partial charge is 0.356 e. The Morgan fingerprint density at radius 3 is 2.59 bits per heavy atom. The number of nitrogens with one attached hydrogen (secondary N) is 2. The normalized spacial score (nSPS) is 20.1. The molecule has 0 spiro atoms. The Morgan fingerprint density at radius 2 is 2.06 bits per heavy atom. The Labute approximate surface area is 106 Å². The summed E-state index contributed by atoms with van der Waals surface area (Å²) < 4.78 is 11.9. The molecule has 1 amide bonds. The van der Waals surface area contributed by atoms with Crippen LogP contribution in [0.3, 0.4) is 0 Å². The summed E-state index contributed by atoms with van der Waals surface area (Å²) in [5.74, 6) is 1.27. The minimum atomic E-state index is -1.05. The van der Waals surface area contributed by atoms with E-state index in [0.717, 1.165) is 0 Å². The Morgan fingerprint density at radius 1 is 1.41 bits per heavy atom. The Bertz CT molecular complexity index is 265. The van der Waals surface area contributed by atoms with Crippen LogP contribution in [0.1, 0.15) is 32.6 Å². The first-order chi connectivity index (χ1) is 8.17. The van der Waals surface area contributed by atoms with Crippen molar-refractivity contribution in [3.8, 4) is 0 Å². The maximum atomic E-state index is 11.9. The van der Waals surface area contributed by atoms with Crippen LogP contribution >= 0.6 is 0 Å². The van der Waals surface area contributed by atoms with Gasteiger partial charge in [0.2, 0.25) is 5.91 Å². The molecule has 100 valence electrons. The summed E-state index contributed by atoms with van der Waals surface area (Å²) in [5.41, 5.74) is 0. The van der Waals surface area contributed by atoms with Gasteiger partial charge in [-0.2, -0.15) is 0 Å². The van der Waals surface area contributed by atoms with Crippen LogP contribution in [0, 0.1) is 5.92 Å². The lowest BCUT2D eigenvalue weighted by Gasteiger charge is -2.22. The Hall–Kier alpha value is -0.420. The summed E-state index contributed by atoms with van der Waals surface area (Å²) >= 11 is 0. The van der Waals surface area contributed by atoms with Gasteiger partial charge in [0.1, 0.15) is 5.75 Å². The summed E-state index contributed by atoms with van der Waals surface area (Å²) in [6.07, 6.45) is 5.02. The van der Waals surface area contributed by atoms with Crippen molar-refractivity contribution in [3.63, 3.8) is 0 Å². The van der Waals surface area contributed by atoms with Crippen LogP contribution in [0.5, 0.6) is 0 Å². The average molecular weight is 260 g/mol. The fourth-order valence-corrected chi connectivity index (χ4v) is 3.82. The predicted molar refractivity (Wildman–Crippen MR) is 71.4 cm³/mol. The molecular formula is C12H24N2O2S. The molecule has 0 aromatic heterocycles. The number of rotatable bonds is 7. The molecule has 0 aromatic rings. The molecule has 1 fully saturated rings. The van der Waals surface area contributed by atoms with E-state index in [2.05, 4.69) is 10.6 Å². The summed E-state index contributed by atoms with van der Waals surface area (Å²) in [6.45, 7) is 2.48. The summed E-state index contributed by atoms with van der Waals surface area (Å²) in [4.78, 5) is 11.3. The van der Waals surface area contributed by atoms with E-state index in [4.69, 9.17) is 0 Å². The fourth-order valence-electron chi connectivity index (χ4n) is 2.47. The van der Waals surface area contributed by atoms with Crippen molar-refractivity contribution in [3.05, 3.63) is 0 Å². The molecule has 1 rings (SSSR count). The quantitative estimate of drug-likeness (QED) is 0.706. The number of hydrogen-bond donors (Lipinski definition) is 2. The standard InChI is InChI=1S/C12H24N2O2S/c1-3-14-12(15)9-17(16)8-11(13-2)10-6-4-5-7-10/h10-11,13H,3-9H2,1-2H3,(H,14,15). The number of carbonyl (C=O) groups is 1. The Balaban J connectivity index is 2.34. The maximum absolute atomic E-state index is 11.9. The molecular weight excluding hydrogens is 236 g/mol. The van der Waals surface area contributed by atoms with E-state index >= 15 is 0 Å². The Kier molecular flexibility index (Phi) is 6.73. The SMILES string of the molecule is CCNC(=O)CS(=O)CC(NC)C1CCCC1. The summed E-state index contributed by atoms with van der Waals surface area (Å²) in [6, 6.07) is 0.299. The minimum Gasteiger partial charge on any atom is -0.356 e. The highest BCUT2D eigenvalue weighted by Crippen LogP contribution is 2.27. The van der Waals surface area contributed by atoms with E-state index in [0.29, 0.717) is 24.3 Å². The number of carbonyl (C=O) groups excluding carboxylic acids is 1. The zero-order chi connectivity index (χ0) is 12.7. The third-order valence-electron chi connectivity index (χ3n) is 3.37. The lowest BCUT2D eigenvalue weighted by molar-refractivity contribution is -0.118. The van der Waals surface area contributed by atoms with Crippen LogP contribution in [0.2, 0.25) is 0 Å². The second-order valence-electron chi connectivity index (χ2n) is 4.64. The van der Waals surface area contributed by atoms with Crippen molar-refractivity contribution in [2.75, 3.05) is 25.1 Å². The fraction of sp³-hybridized carbons (Fsp3) is 0.917. The molecule has 0 saturated heterocycles. The van der Waals surface area contributed by atoms with Gasteiger partial charge in [0.15, 0.2) is 0 Å². The lowest BCUT2D eigenvalue weighted by Crippen LogP contribution is -2.39. The van der Waals surface area contributed by atoms with Crippen molar-refractivity contribution in [2.24, 2.45) is 5.92 Å². The monoisotopic (exact) mass is 260 g/mol. The molecule has 1 aliphatic rings. The molecule has 0 aliphatic heterocycles. The van der Waals surface area contributed by atoms with Crippen LogP contribution in [0.15, 0.2) is 0 Å². The van der Waals surface area contributed by atoms with Gasteiger partial charge >= 0.3 is 0 Å². The molecule has 2 atom stereocenters. The third-order valence-corrected chi connectivity index (χ3v) is 4.69. The topological polar surface area (TPSA) is 58.2 Å². The van der Waals surface area contributed by atoms with Gasteiger partial charge in [-0.25, -0.2) is 0 Å². The molecule has 2 unspecified atom stereocenters. The van der Waals surface area contributed by atoms with E-state index < -0.39 is 10.8 Å². The van der Waals surface area contributed by atoms with Crippen molar-refractivity contribution in [1.82, 2.24) is 10.6 Å². The van der Waals surface area contributed by atoms with E-state index in [-0.39, 0.29) is 11.7 Å². The second-order valence-corrected chi connectivity index (χ2v) is 6.15. The van der Waals surface area contributed by atoms with Gasteiger partial charge in [-0.05, 0) is 32.7 Å². The van der Waals surface area contributed by atoms with Gasteiger partial charge in [0.25, 0.3) is 0 Å². The molecule has 0 aromatic carbocycles. The first-order valence-corrected chi connectivity index (χ1v) is 7.95. The van der Waals surface area contributed by atoms with Gasteiger partial charge in [0, 0.05) is 29.1 Å². The zero-order valence-corrected chi connectivity index (χ0v) is 11.6. The van der Waals surface area contributed by atoms with Gasteiger partial charge in [-0.15, -0.1) is 0 Å². The number of amides is 1. The number of hydrogen-bond acceptors (Lipinski definition) is 3. The van der Waals surface area contributed by atoms with Gasteiger partial charge in [0.05, 0.1) is 0 Å². The molecule has 2 N–H and O–H groups in total. The molecule has 1 saturated carbocycles. The third kappa shape index (κ3) is 5.17. The highest BCUT2D eigenvalue weighted by Gasteiger charge is 2.25. The van der Waals surface area contributed by atoms with Gasteiger partial charge < -0.3 is 10.6 Å². The van der Waals surface area contributed by atoms with Crippen molar-refractivity contribution in [2.45, 2.75) is 38.6 Å². The molecule has 0 radical (unpaired) electrons. The van der Waals surface area contributed by atoms with Crippen molar-refractivity contribution in [1.29, 1.82) is 0 Å². The first kappa shape index (κ1) is 14.6. The summed E-state index contributed by atoms with van der Waals surface area (Å²) in [5, 5.41) is 5.94. The highest BCUT2D eigenvalue weighted by molar-refractivity contribution is 7.85. The first-order valence-electron chi connectivity index (χ1n) is 6.46. The molecule has 17 heavy (non-hydrogen) atoms. The molecule has 5 heteroatoms. The molecule has 4 nitrogen and oxygen atoms in total. The molecule has 0 heterocycles. The maximum Gasteiger partial charge on any atom is 0.232 e. The van der Waals surface area contributed by atoms with E-state index in [1.54, 1.807) is 0 Å². The second kappa shape index (κ2) is 7.82. The average Bonchev–Trinajstić information content (AvgIpc) is 2.79. The van der Waals surface area contributed by atoms with Gasteiger partial charge in [-0.3, -0.25) is 9.00 Å². The van der Waals surface area contributed by atoms with E-state index in [1.807, 2.05) is 14.0 Å². The van der Waals surface area contributed by atoms with Crippen LogP contribution in [-0.4, -0.2) is 41.3 Å². The lowest BCUT2D eigenvalue weighted by atomic mass is 10.0. The van der Waals surface area contributed by atoms with Crippen LogP contribution < -0.4 is 10.6 Å². The van der Waals surface area contributed by atoms with Crippen molar-refractivity contribution < 1.29 is 9.00 Å². The minimum absolute atomic E-state index is 0.105.